The number of aromatic nitrogens is 3. The van der Waals surface area contributed by atoms with E-state index >= 15 is 0 Å². The predicted molar refractivity (Wildman–Crippen MR) is 68.0 cm³/mol. The molecule has 0 spiro atoms. The van der Waals surface area contributed by atoms with Gasteiger partial charge in [-0.3, -0.25) is 0 Å². The molecule has 2 heterocycles. The highest BCUT2D eigenvalue weighted by Gasteiger charge is 2.21. The Balaban J connectivity index is 1.82. The smallest absolute Gasteiger partial charge is 0.230 e. The van der Waals surface area contributed by atoms with Crippen LogP contribution >= 0.6 is 11.6 Å². The van der Waals surface area contributed by atoms with Crippen molar-refractivity contribution in [2.75, 3.05) is 0 Å². The highest BCUT2D eigenvalue weighted by Crippen LogP contribution is 2.32. The standard InChI is InChI=1S/C13H13ClN3O/c14-11-7-6-10(8-15-11)12-16-13(18-17-12)9-4-2-1-3-5-9/h1,6-9H,2-5H2. The third-order valence-corrected chi connectivity index (χ3v) is 3.44. The molecular formula is C13H13ClN3O. The van der Waals surface area contributed by atoms with Crippen LogP contribution in [0, 0.1) is 6.42 Å². The van der Waals surface area contributed by atoms with Gasteiger partial charge in [-0.05, 0) is 44.2 Å². The van der Waals surface area contributed by atoms with Crippen LogP contribution in [0.1, 0.15) is 37.5 Å². The van der Waals surface area contributed by atoms with Crippen LogP contribution in [0.25, 0.3) is 11.4 Å². The molecule has 0 aliphatic heterocycles. The van der Waals surface area contributed by atoms with Crippen molar-refractivity contribution < 1.29 is 4.52 Å². The summed E-state index contributed by atoms with van der Waals surface area (Å²) in [7, 11) is 0. The third-order valence-electron chi connectivity index (χ3n) is 3.22. The molecular weight excluding hydrogens is 250 g/mol. The normalized spacial score (nSPS) is 16.9. The van der Waals surface area contributed by atoms with Crippen LogP contribution in [0.15, 0.2) is 22.9 Å². The molecule has 1 saturated carbocycles. The quantitative estimate of drug-likeness (QED) is 0.775. The molecule has 1 fully saturated rings. The number of rotatable bonds is 2. The van der Waals surface area contributed by atoms with Gasteiger partial charge in [0, 0.05) is 17.7 Å². The maximum Gasteiger partial charge on any atom is 0.230 e. The zero-order valence-electron chi connectivity index (χ0n) is 9.84. The lowest BCUT2D eigenvalue weighted by atomic mass is 9.89. The average Bonchev–Trinajstić information content (AvgIpc) is 2.90. The molecule has 0 aromatic carbocycles. The fourth-order valence-electron chi connectivity index (χ4n) is 2.20. The highest BCUT2D eigenvalue weighted by molar-refractivity contribution is 6.29. The zero-order chi connectivity index (χ0) is 12.4. The molecule has 1 aliphatic carbocycles. The summed E-state index contributed by atoms with van der Waals surface area (Å²) in [5, 5.41) is 4.48. The number of hydrogen-bond acceptors (Lipinski definition) is 4. The molecule has 4 nitrogen and oxygen atoms in total. The van der Waals surface area contributed by atoms with Crippen molar-refractivity contribution in [3.8, 4) is 11.4 Å². The minimum absolute atomic E-state index is 0.400. The van der Waals surface area contributed by atoms with E-state index in [0.717, 1.165) is 37.1 Å². The minimum atomic E-state index is 0.400. The van der Waals surface area contributed by atoms with Crippen LogP contribution in [0.4, 0.5) is 0 Å². The molecule has 0 amide bonds. The van der Waals surface area contributed by atoms with E-state index in [1.807, 2.05) is 6.07 Å². The van der Waals surface area contributed by atoms with Crippen molar-refractivity contribution in [1.82, 2.24) is 15.1 Å². The second-order valence-electron chi connectivity index (χ2n) is 4.47. The highest BCUT2D eigenvalue weighted by atomic mass is 35.5. The van der Waals surface area contributed by atoms with Gasteiger partial charge in [0.05, 0.1) is 0 Å². The fraction of sp³-hybridized carbons (Fsp3) is 0.385. The van der Waals surface area contributed by atoms with Gasteiger partial charge in [-0.1, -0.05) is 16.8 Å². The van der Waals surface area contributed by atoms with E-state index < -0.39 is 0 Å². The van der Waals surface area contributed by atoms with Gasteiger partial charge >= 0.3 is 0 Å². The molecule has 0 unspecified atom stereocenters. The second kappa shape index (κ2) is 5.06. The molecule has 3 rings (SSSR count). The molecule has 18 heavy (non-hydrogen) atoms. The van der Waals surface area contributed by atoms with Gasteiger partial charge in [0.1, 0.15) is 5.15 Å². The molecule has 0 bridgehead atoms. The molecule has 5 heteroatoms. The summed E-state index contributed by atoms with van der Waals surface area (Å²) in [5.41, 5.74) is 0.830. The monoisotopic (exact) mass is 262 g/mol. The summed E-state index contributed by atoms with van der Waals surface area (Å²) in [4.78, 5) is 8.48. The molecule has 0 N–H and O–H groups in total. The van der Waals surface area contributed by atoms with Crippen molar-refractivity contribution in [1.29, 1.82) is 0 Å². The third kappa shape index (κ3) is 2.38. The maximum atomic E-state index is 5.75. The molecule has 0 atom stereocenters. The van der Waals surface area contributed by atoms with E-state index in [-0.39, 0.29) is 0 Å². The Kier molecular flexibility index (Phi) is 3.28. The van der Waals surface area contributed by atoms with Crippen LogP contribution in [0.2, 0.25) is 5.15 Å². The Morgan fingerprint density at radius 2 is 2.06 bits per heavy atom. The van der Waals surface area contributed by atoms with Crippen LogP contribution < -0.4 is 0 Å². The lowest BCUT2D eigenvalue weighted by Crippen LogP contribution is -2.05. The molecule has 93 valence electrons. The molecule has 1 radical (unpaired) electrons. The molecule has 2 aromatic heterocycles. The Hall–Kier alpha value is -1.42. The number of pyridine rings is 1. The van der Waals surface area contributed by atoms with Crippen molar-refractivity contribution in [3.05, 3.63) is 35.8 Å². The summed E-state index contributed by atoms with van der Waals surface area (Å²) >= 11 is 5.75. The first kappa shape index (κ1) is 11.7. The first-order chi connectivity index (χ1) is 8.83. The SMILES string of the molecule is Clc1ccc(-c2noc(C3CC[CH]CC3)n2)cn1. The second-order valence-corrected chi connectivity index (χ2v) is 4.85. The van der Waals surface area contributed by atoms with E-state index in [0.29, 0.717) is 16.9 Å². The van der Waals surface area contributed by atoms with E-state index in [2.05, 4.69) is 21.5 Å². The first-order valence-electron chi connectivity index (χ1n) is 6.10. The molecule has 2 aromatic rings. The Morgan fingerprint density at radius 3 is 2.78 bits per heavy atom. The van der Waals surface area contributed by atoms with Crippen molar-refractivity contribution >= 4 is 11.6 Å². The molecule has 0 saturated heterocycles. The molecule has 1 aliphatic rings. The van der Waals surface area contributed by atoms with Crippen LogP contribution in [0.5, 0.6) is 0 Å². The van der Waals surface area contributed by atoms with Crippen molar-refractivity contribution in [2.45, 2.75) is 31.6 Å². The zero-order valence-corrected chi connectivity index (χ0v) is 10.6. The van der Waals surface area contributed by atoms with E-state index in [1.54, 1.807) is 12.3 Å². The Bertz CT molecular complexity index is 517. The number of nitrogens with zero attached hydrogens (tertiary/aromatic N) is 3. The van der Waals surface area contributed by atoms with Crippen molar-refractivity contribution in [2.24, 2.45) is 0 Å². The van der Waals surface area contributed by atoms with Gasteiger partial charge in [0.25, 0.3) is 0 Å². The van der Waals surface area contributed by atoms with Crippen molar-refractivity contribution in [3.63, 3.8) is 0 Å². The summed E-state index contributed by atoms with van der Waals surface area (Å²) in [6, 6.07) is 3.57. The first-order valence-corrected chi connectivity index (χ1v) is 6.48. The van der Waals surface area contributed by atoms with Gasteiger partial charge in [-0.2, -0.15) is 4.98 Å². The maximum absolute atomic E-state index is 5.75. The van der Waals surface area contributed by atoms with Crippen LogP contribution in [-0.2, 0) is 0 Å². The number of halogens is 1. The minimum Gasteiger partial charge on any atom is -0.339 e. The summed E-state index contributed by atoms with van der Waals surface area (Å²) in [5.74, 6) is 1.73. The Morgan fingerprint density at radius 1 is 1.22 bits per heavy atom. The fourth-order valence-corrected chi connectivity index (χ4v) is 2.31. The lowest BCUT2D eigenvalue weighted by Gasteiger charge is -2.16. The van der Waals surface area contributed by atoms with E-state index in [4.69, 9.17) is 16.1 Å². The largest absolute Gasteiger partial charge is 0.339 e. The number of hydrogen-bond donors (Lipinski definition) is 0. The van der Waals surface area contributed by atoms with Crippen LogP contribution in [0.3, 0.4) is 0 Å². The summed E-state index contributed by atoms with van der Waals surface area (Å²) < 4.78 is 5.35. The van der Waals surface area contributed by atoms with Gasteiger partial charge in [-0.15, -0.1) is 0 Å². The Labute approximate surface area is 110 Å². The topological polar surface area (TPSA) is 51.8 Å². The summed E-state index contributed by atoms with van der Waals surface area (Å²) in [6.07, 6.45) is 8.43. The van der Waals surface area contributed by atoms with Gasteiger partial charge in [-0.25, -0.2) is 4.98 Å². The average molecular weight is 263 g/mol. The summed E-state index contributed by atoms with van der Waals surface area (Å²) in [6.45, 7) is 0. The van der Waals surface area contributed by atoms with E-state index in [1.165, 1.54) is 0 Å². The van der Waals surface area contributed by atoms with Gasteiger partial charge in [0.2, 0.25) is 11.7 Å². The van der Waals surface area contributed by atoms with Crippen LogP contribution in [-0.4, -0.2) is 15.1 Å². The van der Waals surface area contributed by atoms with Gasteiger partial charge in [0.15, 0.2) is 0 Å². The lowest BCUT2D eigenvalue weighted by molar-refractivity contribution is 0.328. The predicted octanol–water partition coefficient (Wildman–Crippen LogP) is 3.65. The van der Waals surface area contributed by atoms with E-state index in [9.17, 15) is 0 Å². The van der Waals surface area contributed by atoms with Gasteiger partial charge < -0.3 is 4.52 Å².